The van der Waals surface area contributed by atoms with Crippen LogP contribution in [0.2, 0.25) is 0 Å². The maximum Gasteiger partial charge on any atom is 0.308 e. The van der Waals surface area contributed by atoms with E-state index in [1.165, 1.54) is 20.0 Å². The lowest BCUT2D eigenvalue weighted by molar-refractivity contribution is -0.146. The third-order valence-corrected chi connectivity index (χ3v) is 3.99. The van der Waals surface area contributed by atoms with E-state index >= 15 is 0 Å². The maximum atomic E-state index is 11.4. The van der Waals surface area contributed by atoms with Crippen molar-refractivity contribution in [2.24, 2.45) is 5.92 Å². The highest BCUT2D eigenvalue weighted by atomic mass is 16.5. The van der Waals surface area contributed by atoms with E-state index in [-0.39, 0.29) is 11.9 Å². The van der Waals surface area contributed by atoms with Gasteiger partial charge in [0.15, 0.2) is 0 Å². The number of carbonyl (C=O) groups is 1. The molecule has 0 bridgehead atoms. The van der Waals surface area contributed by atoms with Crippen LogP contribution < -0.4 is 0 Å². The Kier molecular flexibility index (Phi) is 3.06. The molecule has 0 amide bonds. The molecule has 0 atom stereocenters. The average Bonchev–Trinajstić information content (AvgIpc) is 3.16. The van der Waals surface area contributed by atoms with E-state index in [1.807, 2.05) is 0 Å². The van der Waals surface area contributed by atoms with E-state index in [9.17, 15) is 4.79 Å². The van der Waals surface area contributed by atoms with Crippen LogP contribution in [0, 0.1) is 5.92 Å². The maximum absolute atomic E-state index is 11.4. The summed E-state index contributed by atoms with van der Waals surface area (Å²) in [7, 11) is 1.45. The standard InChI is InChI=1S/C13H18N2O3/c1-17-13(16)10-6-4-9(5-7-10)12-15-14-11(18-12)8-2-3-8/h8-10H,2-7H2,1H3/t9-,10-. The topological polar surface area (TPSA) is 65.2 Å². The lowest BCUT2D eigenvalue weighted by Crippen LogP contribution is -2.22. The van der Waals surface area contributed by atoms with Crippen molar-refractivity contribution >= 4 is 5.97 Å². The van der Waals surface area contributed by atoms with Crippen molar-refractivity contribution in [2.45, 2.75) is 50.4 Å². The molecule has 3 rings (SSSR count). The van der Waals surface area contributed by atoms with E-state index in [0.29, 0.717) is 11.8 Å². The minimum Gasteiger partial charge on any atom is -0.469 e. The summed E-state index contributed by atoms with van der Waals surface area (Å²) in [6, 6.07) is 0. The first kappa shape index (κ1) is 11.7. The molecule has 0 spiro atoms. The van der Waals surface area contributed by atoms with Gasteiger partial charge in [-0.25, -0.2) is 0 Å². The van der Waals surface area contributed by atoms with Crippen LogP contribution in [0.5, 0.6) is 0 Å². The van der Waals surface area contributed by atoms with Crippen LogP contribution in [0.4, 0.5) is 0 Å². The molecule has 1 aromatic heterocycles. The summed E-state index contributed by atoms with van der Waals surface area (Å²) >= 11 is 0. The molecule has 0 aromatic carbocycles. The summed E-state index contributed by atoms with van der Waals surface area (Å²) in [6.45, 7) is 0. The SMILES string of the molecule is COC(=O)[C@H]1CC[C@H](c2nnc(C3CC3)o2)CC1. The van der Waals surface area contributed by atoms with Crippen LogP contribution in [-0.2, 0) is 9.53 Å². The Labute approximate surface area is 106 Å². The van der Waals surface area contributed by atoms with E-state index in [4.69, 9.17) is 9.15 Å². The summed E-state index contributed by atoms with van der Waals surface area (Å²) in [5.74, 6) is 2.37. The van der Waals surface area contributed by atoms with Gasteiger partial charge in [-0.1, -0.05) is 0 Å². The summed E-state index contributed by atoms with van der Waals surface area (Å²) in [4.78, 5) is 11.4. The molecule has 0 saturated heterocycles. The fraction of sp³-hybridized carbons (Fsp3) is 0.769. The van der Waals surface area contributed by atoms with E-state index in [0.717, 1.165) is 37.5 Å². The highest BCUT2D eigenvalue weighted by Gasteiger charge is 2.33. The van der Waals surface area contributed by atoms with Crippen molar-refractivity contribution in [3.63, 3.8) is 0 Å². The van der Waals surface area contributed by atoms with E-state index in [1.54, 1.807) is 0 Å². The average molecular weight is 250 g/mol. The number of hydrogen-bond acceptors (Lipinski definition) is 5. The molecular weight excluding hydrogens is 232 g/mol. The normalized spacial score (nSPS) is 28.1. The minimum absolute atomic E-state index is 0.0528. The van der Waals surface area contributed by atoms with Crippen molar-refractivity contribution in [1.29, 1.82) is 0 Å². The summed E-state index contributed by atoms with van der Waals surface area (Å²) in [5.41, 5.74) is 0. The molecule has 2 aliphatic rings. The Hall–Kier alpha value is -1.39. The summed E-state index contributed by atoms with van der Waals surface area (Å²) in [5, 5.41) is 8.27. The van der Waals surface area contributed by atoms with Gasteiger partial charge >= 0.3 is 5.97 Å². The van der Waals surface area contributed by atoms with Crippen LogP contribution in [0.3, 0.4) is 0 Å². The highest BCUT2D eigenvalue weighted by Crippen LogP contribution is 2.41. The number of carbonyl (C=O) groups excluding carboxylic acids is 1. The third-order valence-electron chi connectivity index (χ3n) is 3.99. The molecule has 0 radical (unpaired) electrons. The first-order valence-electron chi connectivity index (χ1n) is 6.69. The Morgan fingerprint density at radius 2 is 1.56 bits per heavy atom. The van der Waals surface area contributed by atoms with Gasteiger partial charge in [0, 0.05) is 11.8 Å². The molecule has 2 fully saturated rings. The minimum atomic E-state index is -0.0855. The zero-order valence-corrected chi connectivity index (χ0v) is 10.6. The lowest BCUT2D eigenvalue weighted by Gasteiger charge is -2.24. The Bertz CT molecular complexity index is 431. The van der Waals surface area contributed by atoms with Gasteiger partial charge in [0.05, 0.1) is 13.0 Å². The van der Waals surface area contributed by atoms with Crippen LogP contribution in [0.15, 0.2) is 4.42 Å². The molecule has 0 aliphatic heterocycles. The fourth-order valence-electron chi connectivity index (χ4n) is 2.65. The molecule has 5 nitrogen and oxygen atoms in total. The monoisotopic (exact) mass is 250 g/mol. The van der Waals surface area contributed by atoms with Gasteiger partial charge in [0.2, 0.25) is 11.8 Å². The molecule has 0 unspecified atom stereocenters. The van der Waals surface area contributed by atoms with Crippen LogP contribution >= 0.6 is 0 Å². The molecule has 0 N–H and O–H groups in total. The number of rotatable bonds is 3. The predicted octanol–water partition coefficient (Wildman–Crippen LogP) is 2.39. The van der Waals surface area contributed by atoms with Gasteiger partial charge in [-0.05, 0) is 38.5 Å². The highest BCUT2D eigenvalue weighted by molar-refractivity contribution is 5.72. The van der Waals surface area contributed by atoms with Gasteiger partial charge in [0.25, 0.3) is 0 Å². The quantitative estimate of drug-likeness (QED) is 0.771. The van der Waals surface area contributed by atoms with Gasteiger partial charge in [-0.3, -0.25) is 4.79 Å². The smallest absolute Gasteiger partial charge is 0.308 e. The summed E-state index contributed by atoms with van der Waals surface area (Å²) in [6.07, 6.45) is 5.95. The van der Waals surface area contributed by atoms with Gasteiger partial charge in [-0.15, -0.1) is 10.2 Å². The Balaban J connectivity index is 1.59. The van der Waals surface area contributed by atoms with Crippen molar-refractivity contribution in [3.8, 4) is 0 Å². The molecule has 1 aromatic rings. The van der Waals surface area contributed by atoms with Crippen LogP contribution in [0.1, 0.15) is 62.1 Å². The molecule has 2 aliphatic carbocycles. The molecule has 18 heavy (non-hydrogen) atoms. The summed E-state index contributed by atoms with van der Waals surface area (Å²) < 4.78 is 10.5. The first-order chi connectivity index (χ1) is 8.78. The van der Waals surface area contributed by atoms with Gasteiger partial charge in [0.1, 0.15) is 0 Å². The Morgan fingerprint density at radius 3 is 2.00 bits per heavy atom. The predicted molar refractivity (Wildman–Crippen MR) is 63.0 cm³/mol. The molecular formula is C13H18N2O3. The number of esters is 1. The molecule has 98 valence electrons. The first-order valence-corrected chi connectivity index (χ1v) is 6.69. The van der Waals surface area contributed by atoms with Crippen LogP contribution in [0.25, 0.3) is 0 Å². The fourth-order valence-corrected chi connectivity index (χ4v) is 2.65. The second kappa shape index (κ2) is 4.71. The second-order valence-corrected chi connectivity index (χ2v) is 5.32. The lowest BCUT2D eigenvalue weighted by atomic mass is 9.82. The van der Waals surface area contributed by atoms with Crippen molar-refractivity contribution in [1.82, 2.24) is 10.2 Å². The largest absolute Gasteiger partial charge is 0.469 e. The zero-order chi connectivity index (χ0) is 12.5. The zero-order valence-electron chi connectivity index (χ0n) is 10.6. The number of nitrogens with zero attached hydrogens (tertiary/aromatic N) is 2. The number of hydrogen-bond donors (Lipinski definition) is 0. The number of ether oxygens (including phenoxy) is 1. The van der Waals surface area contributed by atoms with Crippen molar-refractivity contribution < 1.29 is 13.9 Å². The third kappa shape index (κ3) is 2.26. The number of aromatic nitrogens is 2. The number of methoxy groups -OCH3 is 1. The van der Waals surface area contributed by atoms with E-state index in [2.05, 4.69) is 10.2 Å². The van der Waals surface area contributed by atoms with Gasteiger partial charge < -0.3 is 9.15 Å². The molecule has 1 heterocycles. The van der Waals surface area contributed by atoms with Crippen LogP contribution in [-0.4, -0.2) is 23.3 Å². The Morgan fingerprint density at radius 1 is 1.06 bits per heavy atom. The van der Waals surface area contributed by atoms with E-state index < -0.39 is 0 Å². The molecule has 2 saturated carbocycles. The van der Waals surface area contributed by atoms with Crippen molar-refractivity contribution in [3.05, 3.63) is 11.8 Å². The second-order valence-electron chi connectivity index (χ2n) is 5.32. The molecule has 5 heteroatoms. The van der Waals surface area contributed by atoms with Gasteiger partial charge in [-0.2, -0.15) is 0 Å². The van der Waals surface area contributed by atoms with Crippen molar-refractivity contribution in [2.75, 3.05) is 7.11 Å².